The third-order valence-electron chi connectivity index (χ3n) is 2.28. The van der Waals surface area contributed by atoms with Crippen molar-refractivity contribution in [1.82, 2.24) is 0 Å². The van der Waals surface area contributed by atoms with Gasteiger partial charge in [0.05, 0.1) is 5.56 Å². The highest BCUT2D eigenvalue weighted by Crippen LogP contribution is 2.18. The van der Waals surface area contributed by atoms with Crippen LogP contribution in [0.5, 0.6) is 0 Å². The van der Waals surface area contributed by atoms with Gasteiger partial charge < -0.3 is 0 Å². The molecule has 0 saturated carbocycles. The molecule has 0 saturated heterocycles. The van der Waals surface area contributed by atoms with Gasteiger partial charge in [-0.15, -0.1) is 0 Å². The van der Waals surface area contributed by atoms with Crippen LogP contribution in [0.15, 0.2) is 18.2 Å². The average molecular weight is 194 g/mol. The van der Waals surface area contributed by atoms with Crippen molar-refractivity contribution in [3.8, 4) is 0 Å². The van der Waals surface area contributed by atoms with Gasteiger partial charge in [0, 0.05) is 6.42 Å². The van der Waals surface area contributed by atoms with E-state index in [0.717, 1.165) is 5.56 Å². The summed E-state index contributed by atoms with van der Waals surface area (Å²) < 4.78 is 13.4. The van der Waals surface area contributed by atoms with Crippen LogP contribution in [0.4, 0.5) is 4.39 Å². The van der Waals surface area contributed by atoms with Crippen molar-refractivity contribution in [2.75, 3.05) is 0 Å². The molecule has 0 atom stereocenters. The Morgan fingerprint density at radius 1 is 1.43 bits per heavy atom. The third-order valence-corrected chi connectivity index (χ3v) is 2.28. The first-order valence-corrected chi connectivity index (χ1v) is 4.89. The highest BCUT2D eigenvalue weighted by Gasteiger charge is 2.10. The van der Waals surface area contributed by atoms with Gasteiger partial charge in [-0.25, -0.2) is 4.39 Å². The molecule has 1 nitrogen and oxygen atoms in total. The molecule has 0 bridgehead atoms. The molecular formula is C12H15FO. The average Bonchev–Trinajstić information content (AvgIpc) is 2.16. The van der Waals surface area contributed by atoms with Gasteiger partial charge in [0.1, 0.15) is 5.82 Å². The van der Waals surface area contributed by atoms with Crippen LogP contribution < -0.4 is 0 Å². The fourth-order valence-electron chi connectivity index (χ4n) is 1.31. The largest absolute Gasteiger partial charge is 0.294 e. The quantitative estimate of drug-likeness (QED) is 0.672. The van der Waals surface area contributed by atoms with Gasteiger partial charge in [0.2, 0.25) is 0 Å². The summed E-state index contributed by atoms with van der Waals surface area (Å²) >= 11 is 0. The SMILES string of the molecule is CCC(=O)c1ccc(C(C)C)cc1F. The Morgan fingerprint density at radius 2 is 2.07 bits per heavy atom. The first-order chi connectivity index (χ1) is 6.56. The standard InChI is InChI=1S/C12H15FO/c1-4-12(14)10-6-5-9(8(2)3)7-11(10)13/h5-8H,4H2,1-3H3. The second-order valence-electron chi connectivity index (χ2n) is 3.67. The topological polar surface area (TPSA) is 17.1 Å². The van der Waals surface area contributed by atoms with Crippen LogP contribution in [0.3, 0.4) is 0 Å². The zero-order valence-electron chi connectivity index (χ0n) is 8.80. The van der Waals surface area contributed by atoms with Gasteiger partial charge in [0.25, 0.3) is 0 Å². The molecule has 0 aliphatic carbocycles. The zero-order valence-corrected chi connectivity index (χ0v) is 8.80. The van der Waals surface area contributed by atoms with E-state index in [2.05, 4.69) is 0 Å². The molecular weight excluding hydrogens is 179 g/mol. The van der Waals surface area contributed by atoms with Gasteiger partial charge in [-0.05, 0) is 23.6 Å². The molecule has 0 radical (unpaired) electrons. The number of halogens is 1. The normalized spacial score (nSPS) is 10.6. The Bertz CT molecular complexity index is 342. The van der Waals surface area contributed by atoms with E-state index in [4.69, 9.17) is 0 Å². The summed E-state index contributed by atoms with van der Waals surface area (Å²) in [4.78, 5) is 11.3. The van der Waals surface area contributed by atoms with E-state index in [9.17, 15) is 9.18 Å². The van der Waals surface area contributed by atoms with Gasteiger partial charge in [-0.3, -0.25) is 4.79 Å². The van der Waals surface area contributed by atoms with Crippen molar-refractivity contribution < 1.29 is 9.18 Å². The van der Waals surface area contributed by atoms with Crippen molar-refractivity contribution >= 4 is 5.78 Å². The lowest BCUT2D eigenvalue weighted by Crippen LogP contribution is -2.01. The minimum atomic E-state index is -0.400. The van der Waals surface area contributed by atoms with E-state index in [1.807, 2.05) is 19.9 Å². The maximum Gasteiger partial charge on any atom is 0.165 e. The van der Waals surface area contributed by atoms with E-state index in [1.54, 1.807) is 13.0 Å². The second-order valence-corrected chi connectivity index (χ2v) is 3.67. The molecule has 2 heteroatoms. The van der Waals surface area contributed by atoms with Crippen molar-refractivity contribution in [1.29, 1.82) is 0 Å². The minimum Gasteiger partial charge on any atom is -0.294 e. The molecule has 0 unspecified atom stereocenters. The van der Waals surface area contributed by atoms with Gasteiger partial charge in [-0.2, -0.15) is 0 Å². The van der Waals surface area contributed by atoms with Gasteiger partial charge in [0.15, 0.2) is 5.78 Å². The molecule has 76 valence electrons. The summed E-state index contributed by atoms with van der Waals surface area (Å²) in [6.07, 6.45) is 0.345. The van der Waals surface area contributed by atoms with E-state index in [1.165, 1.54) is 6.07 Å². The molecule has 1 aromatic rings. The first kappa shape index (κ1) is 10.9. The molecule has 0 spiro atoms. The molecule has 0 N–H and O–H groups in total. The summed E-state index contributed by atoms with van der Waals surface area (Å²) in [6.45, 7) is 5.73. The van der Waals surface area contributed by atoms with Crippen LogP contribution in [0, 0.1) is 5.82 Å². The molecule has 0 heterocycles. The van der Waals surface area contributed by atoms with Crippen LogP contribution in [0.1, 0.15) is 49.0 Å². The molecule has 0 amide bonds. The smallest absolute Gasteiger partial charge is 0.165 e. The van der Waals surface area contributed by atoms with Crippen molar-refractivity contribution in [2.45, 2.75) is 33.1 Å². The van der Waals surface area contributed by atoms with Crippen LogP contribution in [-0.4, -0.2) is 5.78 Å². The first-order valence-electron chi connectivity index (χ1n) is 4.89. The maximum absolute atomic E-state index is 13.4. The number of rotatable bonds is 3. The number of Topliss-reactive ketones (excluding diaryl/α,β-unsaturated/α-hetero) is 1. The lowest BCUT2D eigenvalue weighted by Gasteiger charge is -2.07. The van der Waals surface area contributed by atoms with Crippen LogP contribution >= 0.6 is 0 Å². The molecule has 0 aliphatic heterocycles. The Balaban J connectivity index is 3.07. The maximum atomic E-state index is 13.4. The number of carbonyl (C=O) groups is 1. The van der Waals surface area contributed by atoms with Gasteiger partial charge in [-0.1, -0.05) is 26.8 Å². The van der Waals surface area contributed by atoms with E-state index < -0.39 is 5.82 Å². The number of carbonyl (C=O) groups excluding carboxylic acids is 1. The lowest BCUT2D eigenvalue weighted by atomic mass is 9.99. The van der Waals surface area contributed by atoms with Crippen molar-refractivity contribution in [3.05, 3.63) is 35.1 Å². The Kier molecular flexibility index (Phi) is 3.39. The molecule has 14 heavy (non-hydrogen) atoms. The predicted octanol–water partition coefficient (Wildman–Crippen LogP) is 3.54. The number of hydrogen-bond acceptors (Lipinski definition) is 1. The summed E-state index contributed by atoms with van der Waals surface area (Å²) in [5, 5.41) is 0. The zero-order chi connectivity index (χ0) is 10.7. The summed E-state index contributed by atoms with van der Waals surface area (Å²) in [5.74, 6) is -0.254. The summed E-state index contributed by atoms with van der Waals surface area (Å²) in [6, 6.07) is 4.85. The second kappa shape index (κ2) is 4.36. The predicted molar refractivity (Wildman–Crippen MR) is 55.1 cm³/mol. The molecule has 1 rings (SSSR count). The van der Waals surface area contributed by atoms with Crippen molar-refractivity contribution in [3.63, 3.8) is 0 Å². The van der Waals surface area contributed by atoms with E-state index in [-0.39, 0.29) is 17.3 Å². The fourth-order valence-corrected chi connectivity index (χ4v) is 1.31. The number of benzene rings is 1. The summed E-state index contributed by atoms with van der Waals surface area (Å²) in [5.41, 5.74) is 1.13. The van der Waals surface area contributed by atoms with E-state index >= 15 is 0 Å². The molecule has 1 aromatic carbocycles. The Labute approximate surface area is 83.9 Å². The highest BCUT2D eigenvalue weighted by atomic mass is 19.1. The number of ketones is 1. The summed E-state index contributed by atoms with van der Waals surface area (Å²) in [7, 11) is 0. The van der Waals surface area contributed by atoms with Gasteiger partial charge >= 0.3 is 0 Å². The van der Waals surface area contributed by atoms with Crippen molar-refractivity contribution in [2.24, 2.45) is 0 Å². The fraction of sp³-hybridized carbons (Fsp3) is 0.417. The van der Waals surface area contributed by atoms with E-state index in [0.29, 0.717) is 6.42 Å². The monoisotopic (exact) mass is 194 g/mol. The van der Waals surface area contributed by atoms with Crippen LogP contribution in [-0.2, 0) is 0 Å². The lowest BCUT2D eigenvalue weighted by molar-refractivity contribution is 0.0984. The molecule has 0 aliphatic rings. The Morgan fingerprint density at radius 3 is 2.50 bits per heavy atom. The molecule has 0 aromatic heterocycles. The van der Waals surface area contributed by atoms with Crippen LogP contribution in [0.25, 0.3) is 0 Å². The molecule has 0 fully saturated rings. The number of hydrogen-bond donors (Lipinski definition) is 0. The van der Waals surface area contributed by atoms with Crippen LogP contribution in [0.2, 0.25) is 0 Å². The minimum absolute atomic E-state index is 0.141. The Hall–Kier alpha value is -1.18. The highest BCUT2D eigenvalue weighted by molar-refractivity contribution is 5.96. The third kappa shape index (κ3) is 2.19.